The van der Waals surface area contributed by atoms with Crippen molar-refractivity contribution in [1.82, 2.24) is 10.3 Å². The van der Waals surface area contributed by atoms with Crippen molar-refractivity contribution in [1.29, 1.82) is 0 Å². The van der Waals surface area contributed by atoms with E-state index >= 15 is 0 Å². The highest BCUT2D eigenvalue weighted by Gasteiger charge is 2.37. The van der Waals surface area contributed by atoms with Gasteiger partial charge in [-0.2, -0.15) is 0 Å². The second-order valence-corrected chi connectivity index (χ2v) is 7.63. The molecule has 158 valence electrons. The van der Waals surface area contributed by atoms with Crippen molar-refractivity contribution in [3.05, 3.63) is 70.9 Å². The standard InChI is InChI=1S/C23H22N4O4/c1-29-16-7-3-13(4-8-16)15-11-18-20(19(28)12-15)21(14-5-9-17(30-2)10-6-14)25-23-22(24-18)26-31-27-23/h3-10,15,21H,11-12H2,1-2H3,(H,24,26)(H,25,27)/t15-,21+/m0/s1. The number of anilines is 2. The van der Waals surface area contributed by atoms with Crippen LogP contribution < -0.4 is 20.1 Å². The Morgan fingerprint density at radius 1 is 0.871 bits per heavy atom. The number of benzene rings is 2. The van der Waals surface area contributed by atoms with Gasteiger partial charge in [-0.1, -0.05) is 24.3 Å². The maximum atomic E-state index is 13.4. The van der Waals surface area contributed by atoms with Crippen LogP contribution in [0.15, 0.2) is 64.4 Å². The highest BCUT2D eigenvalue weighted by atomic mass is 16.6. The predicted octanol–water partition coefficient (Wildman–Crippen LogP) is 4.07. The van der Waals surface area contributed by atoms with Gasteiger partial charge in [-0.05, 0) is 58.0 Å². The number of hydrogen-bond donors (Lipinski definition) is 2. The van der Waals surface area contributed by atoms with Gasteiger partial charge in [-0.15, -0.1) is 0 Å². The SMILES string of the molecule is COc1ccc([C@@H]2CC(=O)C3=C(C2)Nc2nonc2N[C@@H]3c2ccc(OC)cc2)cc1. The average molecular weight is 418 g/mol. The van der Waals surface area contributed by atoms with E-state index < -0.39 is 0 Å². The van der Waals surface area contributed by atoms with Gasteiger partial charge in [-0.3, -0.25) is 4.79 Å². The Morgan fingerprint density at radius 2 is 1.48 bits per heavy atom. The fourth-order valence-electron chi connectivity index (χ4n) is 4.26. The summed E-state index contributed by atoms with van der Waals surface area (Å²) in [5, 5.41) is 14.6. The Hall–Kier alpha value is -3.81. The van der Waals surface area contributed by atoms with Crippen LogP contribution in [0.1, 0.15) is 35.9 Å². The molecule has 2 aliphatic rings. The van der Waals surface area contributed by atoms with E-state index in [2.05, 4.69) is 20.9 Å². The number of aromatic nitrogens is 2. The molecule has 2 heterocycles. The van der Waals surface area contributed by atoms with Crippen LogP contribution in [-0.2, 0) is 4.79 Å². The van der Waals surface area contributed by atoms with Crippen molar-refractivity contribution in [2.45, 2.75) is 24.8 Å². The largest absolute Gasteiger partial charge is 0.497 e. The first-order chi connectivity index (χ1) is 15.2. The van der Waals surface area contributed by atoms with Gasteiger partial charge in [0.15, 0.2) is 5.78 Å². The molecule has 2 atom stereocenters. The molecule has 1 aromatic heterocycles. The number of fused-ring (bicyclic) bond motifs is 1. The second-order valence-electron chi connectivity index (χ2n) is 7.63. The minimum absolute atomic E-state index is 0.0579. The molecule has 2 N–H and O–H groups in total. The molecular weight excluding hydrogens is 396 g/mol. The molecule has 2 aromatic carbocycles. The Balaban J connectivity index is 1.54. The Bertz CT molecular complexity index is 1140. The van der Waals surface area contributed by atoms with E-state index in [0.717, 1.165) is 28.3 Å². The average Bonchev–Trinajstić information content (AvgIpc) is 3.17. The molecule has 0 amide bonds. The lowest BCUT2D eigenvalue weighted by Gasteiger charge is -2.29. The lowest BCUT2D eigenvalue weighted by Crippen LogP contribution is -2.27. The van der Waals surface area contributed by atoms with E-state index in [0.29, 0.717) is 30.1 Å². The van der Waals surface area contributed by atoms with Crippen molar-refractivity contribution in [2.24, 2.45) is 0 Å². The summed E-state index contributed by atoms with van der Waals surface area (Å²) in [6.45, 7) is 0. The second kappa shape index (κ2) is 7.79. The third kappa shape index (κ3) is 3.50. The van der Waals surface area contributed by atoms with E-state index in [1.807, 2.05) is 48.5 Å². The molecule has 0 saturated carbocycles. The normalized spacial score (nSPS) is 20.1. The summed E-state index contributed by atoms with van der Waals surface area (Å²) in [6, 6.07) is 15.2. The lowest BCUT2D eigenvalue weighted by molar-refractivity contribution is -0.116. The van der Waals surface area contributed by atoms with E-state index in [-0.39, 0.29) is 17.7 Å². The van der Waals surface area contributed by atoms with Crippen LogP contribution in [0.25, 0.3) is 0 Å². The maximum absolute atomic E-state index is 13.4. The van der Waals surface area contributed by atoms with Gasteiger partial charge in [0.1, 0.15) is 11.5 Å². The first kappa shape index (κ1) is 19.2. The molecule has 0 fully saturated rings. The summed E-state index contributed by atoms with van der Waals surface area (Å²) in [4.78, 5) is 13.4. The number of allylic oxidation sites excluding steroid dienone is 1. The van der Waals surface area contributed by atoms with Gasteiger partial charge in [0.2, 0.25) is 11.6 Å². The third-order valence-electron chi connectivity index (χ3n) is 5.87. The molecule has 1 aliphatic carbocycles. The van der Waals surface area contributed by atoms with Crippen molar-refractivity contribution in [3.8, 4) is 11.5 Å². The van der Waals surface area contributed by atoms with Crippen molar-refractivity contribution < 1.29 is 18.9 Å². The molecule has 0 unspecified atom stereocenters. The van der Waals surface area contributed by atoms with E-state index in [1.165, 1.54) is 0 Å². The van der Waals surface area contributed by atoms with Crippen molar-refractivity contribution in [3.63, 3.8) is 0 Å². The van der Waals surface area contributed by atoms with Crippen LogP contribution >= 0.6 is 0 Å². The number of ketones is 1. The Morgan fingerprint density at radius 3 is 2.13 bits per heavy atom. The van der Waals surface area contributed by atoms with Gasteiger partial charge in [-0.25, -0.2) is 4.63 Å². The Kier molecular flexibility index (Phi) is 4.82. The fourth-order valence-corrected chi connectivity index (χ4v) is 4.26. The summed E-state index contributed by atoms with van der Waals surface area (Å²) >= 11 is 0. The minimum Gasteiger partial charge on any atom is -0.497 e. The van der Waals surface area contributed by atoms with E-state index in [1.54, 1.807) is 14.2 Å². The van der Waals surface area contributed by atoms with Crippen LogP contribution in [0.2, 0.25) is 0 Å². The zero-order valence-electron chi connectivity index (χ0n) is 17.2. The molecule has 0 bridgehead atoms. The van der Waals surface area contributed by atoms with Crippen LogP contribution in [0, 0.1) is 0 Å². The Labute approximate surface area is 179 Å². The molecule has 5 rings (SSSR count). The topological polar surface area (TPSA) is 98.5 Å². The molecule has 0 spiro atoms. The number of nitrogens with one attached hydrogen (secondary N) is 2. The highest BCUT2D eigenvalue weighted by molar-refractivity contribution is 6.00. The number of Topliss-reactive ketones (excluding diaryl/α,β-unsaturated/α-hetero) is 1. The quantitative estimate of drug-likeness (QED) is 0.654. The molecular formula is C23H22N4O4. The minimum atomic E-state index is -0.370. The molecule has 0 radical (unpaired) electrons. The maximum Gasteiger partial charge on any atom is 0.219 e. The zero-order chi connectivity index (χ0) is 21.4. The van der Waals surface area contributed by atoms with Crippen LogP contribution in [0.4, 0.5) is 11.6 Å². The molecule has 0 saturated heterocycles. The highest BCUT2D eigenvalue weighted by Crippen LogP contribution is 2.43. The van der Waals surface area contributed by atoms with Gasteiger partial charge in [0.25, 0.3) is 0 Å². The monoisotopic (exact) mass is 418 g/mol. The number of carbonyl (C=O) groups excluding carboxylic acids is 1. The summed E-state index contributed by atoms with van der Waals surface area (Å²) in [5.41, 5.74) is 3.57. The summed E-state index contributed by atoms with van der Waals surface area (Å²) in [6.07, 6.45) is 1.10. The number of carbonyl (C=O) groups is 1. The number of nitrogens with zero attached hydrogens (tertiary/aromatic N) is 2. The first-order valence-corrected chi connectivity index (χ1v) is 10.1. The van der Waals surface area contributed by atoms with Crippen LogP contribution in [0.5, 0.6) is 11.5 Å². The number of rotatable bonds is 4. The third-order valence-corrected chi connectivity index (χ3v) is 5.87. The van der Waals surface area contributed by atoms with Crippen LogP contribution in [-0.4, -0.2) is 30.3 Å². The lowest BCUT2D eigenvalue weighted by atomic mass is 9.78. The van der Waals surface area contributed by atoms with E-state index in [9.17, 15) is 4.79 Å². The van der Waals surface area contributed by atoms with Crippen LogP contribution in [0.3, 0.4) is 0 Å². The number of hydrogen-bond acceptors (Lipinski definition) is 8. The molecule has 31 heavy (non-hydrogen) atoms. The van der Waals surface area contributed by atoms with Gasteiger partial charge >= 0.3 is 0 Å². The van der Waals surface area contributed by atoms with E-state index in [4.69, 9.17) is 14.1 Å². The summed E-state index contributed by atoms with van der Waals surface area (Å²) in [7, 11) is 3.27. The summed E-state index contributed by atoms with van der Waals surface area (Å²) in [5.74, 6) is 2.65. The number of methoxy groups -OCH3 is 2. The predicted molar refractivity (Wildman–Crippen MR) is 114 cm³/mol. The fraction of sp³-hybridized carbons (Fsp3) is 0.261. The van der Waals surface area contributed by atoms with Gasteiger partial charge in [0, 0.05) is 17.7 Å². The summed E-state index contributed by atoms with van der Waals surface area (Å²) < 4.78 is 15.5. The molecule has 8 heteroatoms. The van der Waals surface area contributed by atoms with Gasteiger partial charge in [0.05, 0.1) is 20.3 Å². The number of ether oxygens (including phenoxy) is 2. The molecule has 3 aromatic rings. The van der Waals surface area contributed by atoms with Crippen molar-refractivity contribution >= 4 is 17.4 Å². The zero-order valence-corrected chi connectivity index (χ0v) is 17.2. The van der Waals surface area contributed by atoms with Gasteiger partial charge < -0.3 is 20.1 Å². The first-order valence-electron chi connectivity index (χ1n) is 10.1. The van der Waals surface area contributed by atoms with Crippen molar-refractivity contribution in [2.75, 3.05) is 24.9 Å². The molecule has 1 aliphatic heterocycles. The molecule has 8 nitrogen and oxygen atoms in total. The smallest absolute Gasteiger partial charge is 0.219 e.